The van der Waals surface area contributed by atoms with Crippen molar-refractivity contribution in [2.75, 3.05) is 13.2 Å². The molecule has 1 unspecified atom stereocenters. The predicted molar refractivity (Wildman–Crippen MR) is 130 cm³/mol. The number of likely N-dealkylation sites (tertiary alicyclic amines) is 1. The lowest BCUT2D eigenvalue weighted by atomic mass is 9.93. The van der Waals surface area contributed by atoms with Gasteiger partial charge in [0.1, 0.15) is 19.0 Å². The molecule has 7 heteroatoms. The first-order chi connectivity index (χ1) is 16.9. The van der Waals surface area contributed by atoms with E-state index >= 15 is 0 Å². The van der Waals surface area contributed by atoms with Crippen molar-refractivity contribution < 1.29 is 24.2 Å². The van der Waals surface area contributed by atoms with E-state index in [0.717, 1.165) is 11.1 Å². The first-order valence-corrected chi connectivity index (χ1v) is 11.6. The molecule has 35 heavy (non-hydrogen) atoms. The maximum Gasteiger partial charge on any atom is 0.296 e. The number of carbonyl (C=O) groups is 2. The maximum atomic E-state index is 13.3. The van der Waals surface area contributed by atoms with Gasteiger partial charge < -0.3 is 19.5 Å². The standard InChI is InChI=1S/C28H26N2O5/c1-17(2)18-6-8-19(9-7-18)25-24(26(31)20-10-11-22-23(15-20)35-14-13-34-22)27(32)28(33)30(25)16-21-5-3-4-12-29-21/h3-12,15,17,25,31H,13-14,16H2,1-2H3/b26-24-. The summed E-state index contributed by atoms with van der Waals surface area (Å²) in [4.78, 5) is 32.3. The smallest absolute Gasteiger partial charge is 0.296 e. The van der Waals surface area contributed by atoms with Crippen molar-refractivity contribution in [2.24, 2.45) is 0 Å². The van der Waals surface area contributed by atoms with Crippen molar-refractivity contribution in [3.63, 3.8) is 0 Å². The Hall–Kier alpha value is -4.13. The van der Waals surface area contributed by atoms with Gasteiger partial charge in [0, 0.05) is 11.8 Å². The Morgan fingerprint density at radius 2 is 1.77 bits per heavy atom. The number of hydrogen-bond acceptors (Lipinski definition) is 6. The molecule has 0 aliphatic carbocycles. The number of carbonyl (C=O) groups excluding carboxylic acids is 2. The van der Waals surface area contributed by atoms with E-state index in [4.69, 9.17) is 9.47 Å². The van der Waals surface area contributed by atoms with Crippen LogP contribution in [0, 0.1) is 0 Å². The van der Waals surface area contributed by atoms with Crippen LogP contribution in [0.15, 0.2) is 72.4 Å². The number of ether oxygens (including phenoxy) is 2. The second kappa shape index (κ2) is 9.25. The Morgan fingerprint density at radius 3 is 2.46 bits per heavy atom. The zero-order valence-electron chi connectivity index (χ0n) is 19.6. The SMILES string of the molecule is CC(C)c1ccc(C2/C(=C(/O)c3ccc4c(c3)OCCO4)C(=O)C(=O)N2Cc2ccccn2)cc1. The minimum absolute atomic E-state index is 0.0416. The van der Waals surface area contributed by atoms with Gasteiger partial charge in [-0.05, 0) is 47.4 Å². The van der Waals surface area contributed by atoms with Gasteiger partial charge in [-0.2, -0.15) is 0 Å². The number of ketones is 1. The summed E-state index contributed by atoms with van der Waals surface area (Å²) in [5.41, 5.74) is 2.96. The second-order valence-corrected chi connectivity index (χ2v) is 8.93. The van der Waals surface area contributed by atoms with Crippen molar-refractivity contribution in [2.45, 2.75) is 32.4 Å². The number of pyridine rings is 1. The van der Waals surface area contributed by atoms with Crippen molar-refractivity contribution in [3.8, 4) is 11.5 Å². The highest BCUT2D eigenvalue weighted by molar-refractivity contribution is 6.46. The molecule has 1 aromatic heterocycles. The molecule has 2 aliphatic heterocycles. The quantitative estimate of drug-likeness (QED) is 0.333. The summed E-state index contributed by atoms with van der Waals surface area (Å²) in [6, 6.07) is 17.5. The van der Waals surface area contributed by atoms with E-state index in [-0.39, 0.29) is 17.9 Å². The van der Waals surface area contributed by atoms with Crippen LogP contribution in [-0.4, -0.2) is 39.9 Å². The van der Waals surface area contributed by atoms with Crippen molar-refractivity contribution in [3.05, 3.63) is 94.8 Å². The van der Waals surface area contributed by atoms with Gasteiger partial charge in [0.05, 0.1) is 23.9 Å². The van der Waals surface area contributed by atoms with Gasteiger partial charge in [-0.25, -0.2) is 0 Å². The van der Waals surface area contributed by atoms with E-state index < -0.39 is 17.7 Å². The molecule has 0 spiro atoms. The Balaban J connectivity index is 1.62. The fourth-order valence-electron chi connectivity index (χ4n) is 4.47. The summed E-state index contributed by atoms with van der Waals surface area (Å²) < 4.78 is 11.2. The van der Waals surface area contributed by atoms with Gasteiger partial charge in [-0.1, -0.05) is 44.2 Å². The minimum Gasteiger partial charge on any atom is -0.507 e. The number of aromatic nitrogens is 1. The lowest BCUT2D eigenvalue weighted by Crippen LogP contribution is -2.29. The molecule has 2 aliphatic rings. The van der Waals surface area contributed by atoms with E-state index in [1.807, 2.05) is 30.3 Å². The van der Waals surface area contributed by atoms with E-state index in [1.54, 1.807) is 36.5 Å². The Labute approximate surface area is 203 Å². The van der Waals surface area contributed by atoms with E-state index in [9.17, 15) is 14.7 Å². The van der Waals surface area contributed by atoms with Gasteiger partial charge in [-0.15, -0.1) is 0 Å². The molecule has 1 amide bonds. The summed E-state index contributed by atoms with van der Waals surface area (Å²) in [7, 11) is 0. The highest BCUT2D eigenvalue weighted by Gasteiger charge is 2.46. The second-order valence-electron chi connectivity index (χ2n) is 8.93. The molecule has 3 heterocycles. The molecule has 1 N–H and O–H groups in total. The van der Waals surface area contributed by atoms with Gasteiger partial charge >= 0.3 is 0 Å². The van der Waals surface area contributed by atoms with Gasteiger partial charge in [-0.3, -0.25) is 14.6 Å². The number of aliphatic hydroxyl groups is 1. The van der Waals surface area contributed by atoms with Crippen molar-refractivity contribution in [1.82, 2.24) is 9.88 Å². The molecule has 1 atom stereocenters. The number of hydrogen-bond donors (Lipinski definition) is 1. The van der Waals surface area contributed by atoms with Crippen molar-refractivity contribution >= 4 is 17.4 Å². The normalized spacial score (nSPS) is 18.8. The third kappa shape index (κ3) is 4.25. The fraction of sp³-hybridized carbons (Fsp3) is 0.250. The van der Waals surface area contributed by atoms with E-state index in [0.29, 0.717) is 41.9 Å². The number of fused-ring (bicyclic) bond motifs is 1. The molecule has 3 aromatic rings. The Morgan fingerprint density at radius 1 is 1.03 bits per heavy atom. The van der Waals surface area contributed by atoms with Crippen LogP contribution >= 0.6 is 0 Å². The fourth-order valence-corrected chi connectivity index (χ4v) is 4.47. The summed E-state index contributed by atoms with van der Waals surface area (Å²) in [5, 5.41) is 11.3. The number of benzene rings is 2. The number of aliphatic hydroxyl groups excluding tert-OH is 1. The third-order valence-corrected chi connectivity index (χ3v) is 6.33. The average molecular weight is 471 g/mol. The third-order valence-electron chi connectivity index (χ3n) is 6.33. The lowest BCUT2D eigenvalue weighted by Gasteiger charge is -2.25. The van der Waals surface area contributed by atoms with E-state index in [2.05, 4.69) is 18.8 Å². The number of Topliss-reactive ketones (excluding diaryl/α,β-unsaturated/α-hetero) is 1. The molecule has 178 valence electrons. The molecular formula is C28H26N2O5. The van der Waals surface area contributed by atoms with Crippen LogP contribution in [-0.2, 0) is 16.1 Å². The highest BCUT2D eigenvalue weighted by atomic mass is 16.6. The van der Waals surface area contributed by atoms with Crippen LogP contribution in [0.5, 0.6) is 11.5 Å². The van der Waals surface area contributed by atoms with Crippen LogP contribution in [0.3, 0.4) is 0 Å². The van der Waals surface area contributed by atoms with E-state index in [1.165, 1.54) is 4.90 Å². The molecule has 2 aromatic carbocycles. The molecule has 1 saturated heterocycles. The Kier molecular flexibility index (Phi) is 5.99. The zero-order chi connectivity index (χ0) is 24.5. The minimum atomic E-state index is -0.758. The highest BCUT2D eigenvalue weighted by Crippen LogP contribution is 2.42. The van der Waals surface area contributed by atoms with Crippen molar-refractivity contribution in [1.29, 1.82) is 0 Å². The predicted octanol–water partition coefficient (Wildman–Crippen LogP) is 4.60. The Bertz CT molecular complexity index is 1300. The topological polar surface area (TPSA) is 89.0 Å². The van der Waals surface area contributed by atoms with Crippen LogP contribution in [0.25, 0.3) is 5.76 Å². The van der Waals surface area contributed by atoms with Crippen LogP contribution in [0.4, 0.5) is 0 Å². The summed E-state index contributed by atoms with van der Waals surface area (Å²) in [6.07, 6.45) is 1.65. The number of amides is 1. The van der Waals surface area contributed by atoms with Gasteiger partial charge in [0.15, 0.2) is 11.5 Å². The first-order valence-electron chi connectivity index (χ1n) is 11.6. The monoisotopic (exact) mass is 470 g/mol. The largest absolute Gasteiger partial charge is 0.507 e. The first kappa shape index (κ1) is 22.7. The average Bonchev–Trinajstić information content (AvgIpc) is 3.13. The molecule has 5 rings (SSSR count). The lowest BCUT2D eigenvalue weighted by molar-refractivity contribution is -0.140. The zero-order valence-corrected chi connectivity index (χ0v) is 19.6. The molecule has 0 saturated carbocycles. The number of rotatable bonds is 5. The molecule has 0 bridgehead atoms. The van der Waals surface area contributed by atoms with Gasteiger partial charge in [0.25, 0.3) is 11.7 Å². The van der Waals surface area contributed by atoms with Gasteiger partial charge in [0.2, 0.25) is 0 Å². The molecular weight excluding hydrogens is 444 g/mol. The summed E-state index contributed by atoms with van der Waals surface area (Å²) in [6.45, 7) is 5.19. The number of nitrogens with zero attached hydrogens (tertiary/aromatic N) is 2. The van der Waals surface area contributed by atoms with Crippen LogP contribution in [0.2, 0.25) is 0 Å². The molecule has 7 nitrogen and oxygen atoms in total. The maximum absolute atomic E-state index is 13.3. The van der Waals surface area contributed by atoms with Crippen LogP contribution < -0.4 is 9.47 Å². The summed E-state index contributed by atoms with van der Waals surface area (Å²) in [5.74, 6) is -0.257. The molecule has 1 fully saturated rings. The summed E-state index contributed by atoms with van der Waals surface area (Å²) >= 11 is 0. The van der Waals surface area contributed by atoms with Crippen LogP contribution in [0.1, 0.15) is 48.2 Å². The molecule has 0 radical (unpaired) electrons.